The summed E-state index contributed by atoms with van der Waals surface area (Å²) in [5, 5.41) is 0. The standard InChI is InChI=1S/C12H24O5Si3/c1-7-11(13)14-9-8-10-18-15-12(2,16-19(3)4)17-20(5)6/h7H,1,8-10H2,2-6H3. The van der Waals surface area contributed by atoms with Crippen LogP contribution < -0.4 is 0 Å². The quantitative estimate of drug-likeness (QED) is 0.191. The van der Waals surface area contributed by atoms with E-state index in [4.69, 9.17) is 18.0 Å². The van der Waals surface area contributed by atoms with Gasteiger partial charge in [-0.3, -0.25) is 0 Å². The Morgan fingerprint density at radius 3 is 2.25 bits per heavy atom. The highest BCUT2D eigenvalue weighted by Crippen LogP contribution is 2.17. The van der Waals surface area contributed by atoms with Crippen LogP contribution in [0.3, 0.4) is 0 Å². The zero-order valence-electron chi connectivity index (χ0n) is 12.9. The predicted octanol–water partition coefficient (Wildman–Crippen LogP) is 2.37. The number of rotatable bonds is 11. The topological polar surface area (TPSA) is 54.0 Å². The molecule has 0 rings (SSSR count). The minimum Gasteiger partial charge on any atom is -0.463 e. The molecule has 0 aromatic carbocycles. The zero-order chi connectivity index (χ0) is 15.6. The van der Waals surface area contributed by atoms with Gasteiger partial charge in [-0.1, -0.05) is 6.58 Å². The summed E-state index contributed by atoms with van der Waals surface area (Å²) in [6, 6.07) is 0.803. The van der Waals surface area contributed by atoms with Gasteiger partial charge in [-0.05, 0) is 38.7 Å². The van der Waals surface area contributed by atoms with Crippen molar-refractivity contribution in [3.63, 3.8) is 0 Å². The summed E-state index contributed by atoms with van der Waals surface area (Å²) in [4.78, 5) is 10.8. The Morgan fingerprint density at radius 2 is 1.80 bits per heavy atom. The van der Waals surface area contributed by atoms with Gasteiger partial charge in [0, 0.05) is 13.0 Å². The zero-order valence-corrected chi connectivity index (χ0v) is 15.9. The average molecular weight is 333 g/mol. The lowest BCUT2D eigenvalue weighted by atomic mass is 10.5. The van der Waals surface area contributed by atoms with Crippen LogP contribution in [0.15, 0.2) is 12.7 Å². The Bertz CT molecular complexity index is 287. The second kappa shape index (κ2) is 10.5. The molecule has 0 saturated heterocycles. The SMILES string of the molecule is C=CC(=O)OCCC[Si]OC(C)(O[Si](C)C)O[Si](C)C. The molecule has 0 aliphatic carbocycles. The number of carbonyl (C=O) groups is 1. The van der Waals surface area contributed by atoms with Crippen LogP contribution in [0, 0.1) is 0 Å². The van der Waals surface area contributed by atoms with Gasteiger partial charge in [0.1, 0.15) is 0 Å². The smallest absolute Gasteiger partial charge is 0.330 e. The molecule has 0 fully saturated rings. The normalized spacial score (nSPS) is 11.9. The third-order valence-corrected chi connectivity index (χ3v) is 4.50. The van der Waals surface area contributed by atoms with Gasteiger partial charge >= 0.3 is 5.97 Å². The van der Waals surface area contributed by atoms with E-state index in [0.29, 0.717) is 6.61 Å². The highest BCUT2D eigenvalue weighted by Gasteiger charge is 2.29. The van der Waals surface area contributed by atoms with E-state index in [1.165, 1.54) is 0 Å². The van der Waals surface area contributed by atoms with E-state index in [0.717, 1.165) is 18.5 Å². The fourth-order valence-corrected chi connectivity index (χ4v) is 4.00. The van der Waals surface area contributed by atoms with Gasteiger partial charge in [0.15, 0.2) is 0 Å². The third-order valence-electron chi connectivity index (χ3n) is 1.87. The molecule has 0 heterocycles. The van der Waals surface area contributed by atoms with Crippen molar-refractivity contribution in [3.8, 4) is 0 Å². The van der Waals surface area contributed by atoms with Crippen LogP contribution in [0.2, 0.25) is 32.2 Å². The minimum atomic E-state index is -0.939. The fraction of sp³-hybridized carbons (Fsp3) is 0.750. The fourth-order valence-electron chi connectivity index (χ4n) is 1.36. The average Bonchev–Trinajstić information content (AvgIpc) is 2.30. The molecule has 8 heteroatoms. The molecule has 0 saturated carbocycles. The number of esters is 1. The Balaban J connectivity index is 3.96. The molecule has 0 spiro atoms. The summed E-state index contributed by atoms with van der Waals surface area (Å²) in [5.74, 6) is -1.33. The van der Waals surface area contributed by atoms with Crippen molar-refractivity contribution in [3.05, 3.63) is 12.7 Å². The largest absolute Gasteiger partial charge is 0.463 e. The lowest BCUT2D eigenvalue weighted by Gasteiger charge is -2.33. The van der Waals surface area contributed by atoms with Gasteiger partial charge < -0.3 is 18.0 Å². The molecular formula is C12H24O5Si3. The highest BCUT2D eigenvalue weighted by atomic mass is 28.3. The molecule has 0 unspecified atom stereocenters. The van der Waals surface area contributed by atoms with Crippen molar-refractivity contribution in [1.29, 1.82) is 0 Å². The molecule has 20 heavy (non-hydrogen) atoms. The minimum absolute atomic E-state index is 0.252. The summed E-state index contributed by atoms with van der Waals surface area (Å²) < 4.78 is 22.3. The summed E-state index contributed by atoms with van der Waals surface area (Å²) >= 11 is 0. The maximum absolute atomic E-state index is 10.8. The third kappa shape index (κ3) is 10.5. The first-order valence-corrected chi connectivity index (χ1v) is 12.4. The summed E-state index contributed by atoms with van der Waals surface area (Å²) in [6.07, 6.45) is 1.91. The molecule has 0 aromatic heterocycles. The van der Waals surface area contributed by atoms with E-state index < -0.39 is 24.1 Å². The molecule has 0 aliphatic heterocycles. The predicted molar refractivity (Wildman–Crippen MR) is 83.0 cm³/mol. The number of hydrogen-bond donors (Lipinski definition) is 0. The lowest BCUT2D eigenvalue weighted by molar-refractivity contribution is -0.245. The van der Waals surface area contributed by atoms with Crippen molar-refractivity contribution in [1.82, 2.24) is 0 Å². The van der Waals surface area contributed by atoms with Gasteiger partial charge in [-0.15, -0.1) is 0 Å². The number of ether oxygens (including phenoxy) is 1. The summed E-state index contributed by atoms with van der Waals surface area (Å²) in [5.41, 5.74) is 0. The van der Waals surface area contributed by atoms with Crippen molar-refractivity contribution in [2.24, 2.45) is 0 Å². The lowest BCUT2D eigenvalue weighted by Crippen LogP contribution is -2.43. The van der Waals surface area contributed by atoms with Crippen LogP contribution in [-0.2, 0) is 22.8 Å². The number of carbonyl (C=O) groups excluding carboxylic acids is 1. The Labute approximate surface area is 128 Å². The van der Waals surface area contributed by atoms with Gasteiger partial charge in [0.2, 0.25) is 27.8 Å². The molecule has 0 bridgehead atoms. The maximum atomic E-state index is 10.8. The maximum Gasteiger partial charge on any atom is 0.330 e. The monoisotopic (exact) mass is 332 g/mol. The van der Waals surface area contributed by atoms with E-state index in [1.807, 2.05) is 33.1 Å². The van der Waals surface area contributed by atoms with Crippen molar-refractivity contribution >= 4 is 33.8 Å². The van der Waals surface area contributed by atoms with Crippen LogP contribution in [0.4, 0.5) is 0 Å². The van der Waals surface area contributed by atoms with Gasteiger partial charge in [0.05, 0.1) is 6.61 Å². The second-order valence-corrected chi connectivity index (χ2v) is 9.64. The Morgan fingerprint density at radius 1 is 1.25 bits per heavy atom. The molecule has 0 aromatic rings. The number of hydrogen-bond acceptors (Lipinski definition) is 5. The second-order valence-electron chi connectivity index (χ2n) is 4.60. The molecule has 114 valence electrons. The molecule has 0 atom stereocenters. The Hall–Kier alpha value is -0.259. The van der Waals surface area contributed by atoms with Crippen LogP contribution in [-0.4, -0.2) is 46.4 Å². The van der Waals surface area contributed by atoms with Gasteiger partial charge in [0.25, 0.3) is 5.97 Å². The van der Waals surface area contributed by atoms with Crippen LogP contribution in [0.25, 0.3) is 0 Å². The van der Waals surface area contributed by atoms with Crippen molar-refractivity contribution in [2.75, 3.05) is 6.61 Å². The summed E-state index contributed by atoms with van der Waals surface area (Å²) in [7, 11) is -1.56. The summed E-state index contributed by atoms with van der Waals surface area (Å²) in [6.45, 7) is 13.7. The van der Waals surface area contributed by atoms with Crippen LogP contribution in [0.5, 0.6) is 0 Å². The molecule has 0 N–H and O–H groups in total. The van der Waals surface area contributed by atoms with E-state index in [9.17, 15) is 4.79 Å². The van der Waals surface area contributed by atoms with E-state index >= 15 is 0 Å². The first kappa shape index (κ1) is 19.7. The Kier molecular flexibility index (Phi) is 10.3. The first-order valence-electron chi connectivity index (χ1n) is 6.47. The molecule has 0 amide bonds. The molecule has 4 radical (unpaired) electrons. The van der Waals surface area contributed by atoms with E-state index in [1.54, 1.807) is 0 Å². The van der Waals surface area contributed by atoms with Gasteiger partial charge in [-0.2, -0.15) is 0 Å². The van der Waals surface area contributed by atoms with Gasteiger partial charge in [-0.25, -0.2) is 4.79 Å². The van der Waals surface area contributed by atoms with Crippen molar-refractivity contribution in [2.45, 2.75) is 51.5 Å². The highest BCUT2D eigenvalue weighted by molar-refractivity contribution is 6.49. The van der Waals surface area contributed by atoms with Crippen LogP contribution >= 0.6 is 0 Å². The molecule has 0 aliphatic rings. The van der Waals surface area contributed by atoms with Crippen molar-refractivity contribution < 1.29 is 22.8 Å². The molecular weight excluding hydrogens is 308 g/mol. The van der Waals surface area contributed by atoms with E-state index in [-0.39, 0.29) is 15.7 Å². The van der Waals surface area contributed by atoms with Crippen LogP contribution in [0.1, 0.15) is 13.3 Å². The van der Waals surface area contributed by atoms with E-state index in [2.05, 4.69) is 6.58 Å². The molecule has 5 nitrogen and oxygen atoms in total. The first-order chi connectivity index (χ1) is 9.29.